The van der Waals surface area contributed by atoms with E-state index in [-0.39, 0.29) is 11.9 Å². The molecule has 0 radical (unpaired) electrons. The SMILES string of the molecule is CC(c1ccccc1)N(C)C(=O)CN1CCCC(CN2CCN(c3ccccn3)CC2)C1. The third-order valence-electron chi connectivity index (χ3n) is 7.08. The number of likely N-dealkylation sites (N-methyl/N-ethyl adjacent to an activating group) is 1. The number of likely N-dealkylation sites (tertiary alicyclic amines) is 1. The summed E-state index contributed by atoms with van der Waals surface area (Å²) in [6.07, 6.45) is 4.32. The van der Waals surface area contributed by atoms with Gasteiger partial charge in [0, 0.05) is 52.5 Å². The zero-order chi connectivity index (χ0) is 22.3. The van der Waals surface area contributed by atoms with Gasteiger partial charge in [0.2, 0.25) is 5.91 Å². The number of nitrogens with zero attached hydrogens (tertiary/aromatic N) is 5. The van der Waals surface area contributed by atoms with Crippen molar-refractivity contribution in [2.75, 3.05) is 64.3 Å². The van der Waals surface area contributed by atoms with Crippen LogP contribution in [0, 0.1) is 5.92 Å². The van der Waals surface area contributed by atoms with E-state index in [1.165, 1.54) is 18.4 Å². The number of amides is 1. The Bertz CT molecular complexity index is 838. The van der Waals surface area contributed by atoms with Crippen molar-refractivity contribution in [3.8, 4) is 0 Å². The molecule has 0 aliphatic carbocycles. The lowest BCUT2D eigenvalue weighted by Gasteiger charge is -2.40. The fourth-order valence-corrected chi connectivity index (χ4v) is 4.98. The summed E-state index contributed by atoms with van der Waals surface area (Å²) in [6, 6.07) is 16.5. The fraction of sp³-hybridized carbons (Fsp3) is 0.538. The zero-order valence-corrected chi connectivity index (χ0v) is 19.6. The van der Waals surface area contributed by atoms with Crippen LogP contribution in [0.5, 0.6) is 0 Å². The Morgan fingerprint density at radius 2 is 1.78 bits per heavy atom. The number of pyridine rings is 1. The topological polar surface area (TPSA) is 42.9 Å². The first-order valence-electron chi connectivity index (χ1n) is 12.0. The second-order valence-electron chi connectivity index (χ2n) is 9.31. The van der Waals surface area contributed by atoms with Gasteiger partial charge >= 0.3 is 0 Å². The Morgan fingerprint density at radius 3 is 2.50 bits per heavy atom. The zero-order valence-electron chi connectivity index (χ0n) is 19.6. The van der Waals surface area contributed by atoms with E-state index in [1.54, 1.807) is 0 Å². The van der Waals surface area contributed by atoms with Crippen LogP contribution < -0.4 is 4.90 Å². The van der Waals surface area contributed by atoms with E-state index in [4.69, 9.17) is 0 Å². The van der Waals surface area contributed by atoms with Crippen molar-refractivity contribution in [2.45, 2.75) is 25.8 Å². The smallest absolute Gasteiger partial charge is 0.236 e. The summed E-state index contributed by atoms with van der Waals surface area (Å²) in [5.41, 5.74) is 1.18. The number of benzene rings is 1. The van der Waals surface area contributed by atoms with E-state index in [2.05, 4.69) is 50.9 Å². The van der Waals surface area contributed by atoms with Gasteiger partial charge in [-0.1, -0.05) is 36.4 Å². The van der Waals surface area contributed by atoms with Crippen LogP contribution in [0.1, 0.15) is 31.4 Å². The number of carbonyl (C=O) groups is 1. The van der Waals surface area contributed by atoms with Crippen molar-refractivity contribution in [3.63, 3.8) is 0 Å². The standard InChI is InChI=1S/C26H37N5O/c1-22(24-10-4-3-5-11-24)28(2)26(32)21-30-14-8-9-23(20-30)19-29-15-17-31(18-16-29)25-12-6-7-13-27-25/h3-7,10-13,22-23H,8-9,14-21H2,1-2H3. The Morgan fingerprint density at radius 1 is 1.03 bits per heavy atom. The molecule has 1 aromatic heterocycles. The van der Waals surface area contributed by atoms with Gasteiger partial charge in [0.15, 0.2) is 0 Å². The van der Waals surface area contributed by atoms with Gasteiger partial charge in [-0.05, 0) is 49.9 Å². The summed E-state index contributed by atoms with van der Waals surface area (Å²) >= 11 is 0. The average Bonchev–Trinajstić information content (AvgIpc) is 2.85. The maximum Gasteiger partial charge on any atom is 0.236 e. The molecule has 172 valence electrons. The van der Waals surface area contributed by atoms with E-state index < -0.39 is 0 Å². The lowest BCUT2D eigenvalue weighted by Crippen LogP contribution is -2.50. The molecule has 0 saturated carbocycles. The molecule has 2 fully saturated rings. The van der Waals surface area contributed by atoms with Gasteiger partial charge < -0.3 is 9.80 Å². The van der Waals surface area contributed by atoms with E-state index in [9.17, 15) is 4.79 Å². The maximum atomic E-state index is 13.0. The molecule has 2 aliphatic heterocycles. The number of hydrogen-bond acceptors (Lipinski definition) is 5. The minimum absolute atomic E-state index is 0.0969. The van der Waals surface area contributed by atoms with Gasteiger partial charge in [-0.2, -0.15) is 0 Å². The molecule has 3 heterocycles. The van der Waals surface area contributed by atoms with E-state index in [0.717, 1.165) is 51.6 Å². The summed E-state index contributed by atoms with van der Waals surface area (Å²) in [7, 11) is 1.93. The highest BCUT2D eigenvalue weighted by atomic mass is 16.2. The van der Waals surface area contributed by atoms with Gasteiger partial charge in [-0.15, -0.1) is 0 Å². The number of aromatic nitrogens is 1. The number of piperazine rings is 1. The van der Waals surface area contributed by atoms with Crippen LogP contribution in [-0.2, 0) is 4.79 Å². The van der Waals surface area contributed by atoms with E-state index >= 15 is 0 Å². The van der Waals surface area contributed by atoms with Crippen LogP contribution in [0.25, 0.3) is 0 Å². The predicted molar refractivity (Wildman–Crippen MR) is 130 cm³/mol. The number of piperidine rings is 1. The molecule has 2 unspecified atom stereocenters. The normalized spacial score (nSPS) is 21.3. The molecule has 2 atom stereocenters. The lowest BCUT2D eigenvalue weighted by atomic mass is 9.97. The number of carbonyl (C=O) groups excluding carboxylic acids is 1. The van der Waals surface area contributed by atoms with Crippen molar-refractivity contribution >= 4 is 11.7 Å². The first-order valence-corrected chi connectivity index (χ1v) is 12.0. The third kappa shape index (κ3) is 5.87. The molecule has 6 heteroatoms. The van der Waals surface area contributed by atoms with Crippen molar-refractivity contribution in [1.29, 1.82) is 0 Å². The molecule has 4 rings (SSSR count). The molecule has 2 aromatic rings. The summed E-state index contributed by atoms with van der Waals surface area (Å²) in [5.74, 6) is 1.95. The van der Waals surface area contributed by atoms with Gasteiger partial charge in [-0.25, -0.2) is 4.98 Å². The highest BCUT2D eigenvalue weighted by Gasteiger charge is 2.27. The van der Waals surface area contributed by atoms with Crippen molar-refractivity contribution < 1.29 is 4.79 Å². The molecule has 0 N–H and O–H groups in total. The van der Waals surface area contributed by atoms with Crippen LogP contribution >= 0.6 is 0 Å². The van der Waals surface area contributed by atoms with Crippen molar-refractivity contribution in [1.82, 2.24) is 19.7 Å². The third-order valence-corrected chi connectivity index (χ3v) is 7.08. The molecule has 1 amide bonds. The largest absolute Gasteiger partial charge is 0.354 e. The molecule has 6 nitrogen and oxygen atoms in total. The van der Waals surface area contributed by atoms with Gasteiger partial charge in [0.05, 0.1) is 12.6 Å². The summed E-state index contributed by atoms with van der Waals surface area (Å²) in [4.78, 5) is 26.7. The second-order valence-corrected chi connectivity index (χ2v) is 9.31. The molecule has 0 bridgehead atoms. The summed E-state index contributed by atoms with van der Waals surface area (Å²) in [6.45, 7) is 10.1. The second kappa shape index (κ2) is 10.9. The van der Waals surface area contributed by atoms with Crippen LogP contribution in [-0.4, -0.2) is 85.0 Å². The minimum atomic E-state index is 0.0969. The Kier molecular flexibility index (Phi) is 7.76. The first-order chi connectivity index (χ1) is 15.6. The monoisotopic (exact) mass is 435 g/mol. The highest BCUT2D eigenvalue weighted by Crippen LogP contribution is 2.22. The van der Waals surface area contributed by atoms with Crippen LogP contribution in [0.3, 0.4) is 0 Å². The molecular formula is C26H37N5O. The predicted octanol–water partition coefficient (Wildman–Crippen LogP) is 3.14. The fourth-order valence-electron chi connectivity index (χ4n) is 4.98. The van der Waals surface area contributed by atoms with Crippen LogP contribution in [0.15, 0.2) is 54.7 Å². The molecule has 1 aromatic carbocycles. The summed E-state index contributed by atoms with van der Waals surface area (Å²) in [5, 5.41) is 0. The minimum Gasteiger partial charge on any atom is -0.354 e. The Labute approximate surface area is 192 Å². The van der Waals surface area contributed by atoms with E-state index in [1.807, 2.05) is 42.4 Å². The molecule has 2 aliphatic rings. The highest BCUT2D eigenvalue weighted by molar-refractivity contribution is 5.78. The van der Waals surface area contributed by atoms with Crippen molar-refractivity contribution in [3.05, 3.63) is 60.3 Å². The Hall–Kier alpha value is -2.44. The summed E-state index contributed by atoms with van der Waals surface area (Å²) < 4.78 is 0. The molecule has 32 heavy (non-hydrogen) atoms. The van der Waals surface area contributed by atoms with Gasteiger partial charge in [0.1, 0.15) is 5.82 Å². The van der Waals surface area contributed by atoms with Crippen molar-refractivity contribution in [2.24, 2.45) is 5.92 Å². The lowest BCUT2D eigenvalue weighted by molar-refractivity contribution is -0.133. The van der Waals surface area contributed by atoms with Crippen LogP contribution in [0.2, 0.25) is 0 Å². The first kappa shape index (κ1) is 22.7. The molecule has 0 spiro atoms. The number of hydrogen-bond donors (Lipinski definition) is 0. The Balaban J connectivity index is 1.23. The molecule has 2 saturated heterocycles. The number of rotatable bonds is 7. The maximum absolute atomic E-state index is 13.0. The van der Waals surface area contributed by atoms with Crippen LogP contribution in [0.4, 0.5) is 5.82 Å². The number of anilines is 1. The van der Waals surface area contributed by atoms with E-state index in [0.29, 0.717) is 12.5 Å². The van der Waals surface area contributed by atoms with Gasteiger partial charge in [0.25, 0.3) is 0 Å². The average molecular weight is 436 g/mol. The molecular weight excluding hydrogens is 398 g/mol. The van der Waals surface area contributed by atoms with Gasteiger partial charge in [-0.3, -0.25) is 14.6 Å². The quantitative estimate of drug-likeness (QED) is 0.669.